The highest BCUT2D eigenvalue weighted by Crippen LogP contribution is 2.40. The van der Waals surface area contributed by atoms with Crippen LogP contribution < -0.4 is 0 Å². The van der Waals surface area contributed by atoms with Crippen LogP contribution in [0, 0.1) is 11.6 Å². The van der Waals surface area contributed by atoms with Gasteiger partial charge in [-0.05, 0) is 35.9 Å². The third kappa shape index (κ3) is 4.91. The van der Waals surface area contributed by atoms with Crippen LogP contribution >= 0.6 is 0 Å². The Kier molecular flexibility index (Phi) is 6.08. The number of rotatable bonds is 4. The van der Waals surface area contributed by atoms with Crippen molar-refractivity contribution in [2.24, 2.45) is 0 Å². The van der Waals surface area contributed by atoms with Gasteiger partial charge in [-0.2, -0.15) is 31.4 Å². The monoisotopic (exact) mass is 535 g/mol. The molecule has 0 aliphatic carbocycles. The van der Waals surface area contributed by atoms with E-state index in [2.05, 4.69) is 20.1 Å². The number of halogens is 8. The topological polar surface area (TPSA) is 56.5 Å². The lowest BCUT2D eigenvalue weighted by Gasteiger charge is -2.16. The van der Waals surface area contributed by atoms with Gasteiger partial charge < -0.3 is 0 Å². The van der Waals surface area contributed by atoms with Crippen molar-refractivity contribution >= 4 is 0 Å². The van der Waals surface area contributed by atoms with Gasteiger partial charge in [-0.3, -0.25) is 9.67 Å². The van der Waals surface area contributed by atoms with E-state index in [1.54, 1.807) is 0 Å². The molecule has 3 heterocycles. The number of pyridine rings is 1. The van der Waals surface area contributed by atoms with Gasteiger partial charge in [0.05, 0.1) is 41.3 Å². The lowest BCUT2D eigenvalue weighted by Crippen LogP contribution is -2.12. The first kappa shape index (κ1) is 25.2. The van der Waals surface area contributed by atoms with Crippen LogP contribution in [-0.2, 0) is 18.9 Å². The summed E-state index contributed by atoms with van der Waals surface area (Å²) >= 11 is 0. The second-order valence-electron chi connectivity index (χ2n) is 8.18. The highest BCUT2D eigenvalue weighted by Gasteiger charge is 2.38. The summed E-state index contributed by atoms with van der Waals surface area (Å²) in [6.07, 6.45) is -5.98. The van der Waals surface area contributed by atoms with Crippen molar-refractivity contribution in [2.45, 2.75) is 18.9 Å². The summed E-state index contributed by atoms with van der Waals surface area (Å²) in [6.45, 7) is 0.0614. The van der Waals surface area contributed by atoms with E-state index in [0.717, 1.165) is 18.3 Å². The molecule has 0 saturated heterocycles. The van der Waals surface area contributed by atoms with Crippen molar-refractivity contribution in [3.05, 3.63) is 95.6 Å². The molecule has 2 aliphatic heterocycles. The molecular formula is C25H13F8N5. The predicted octanol–water partition coefficient (Wildman–Crippen LogP) is 6.87. The Bertz CT molecular complexity index is 1590. The molecule has 0 unspecified atom stereocenters. The average molecular weight is 535 g/mol. The van der Waals surface area contributed by atoms with Crippen LogP contribution in [0.1, 0.15) is 16.8 Å². The summed E-state index contributed by atoms with van der Waals surface area (Å²) in [5.41, 5.74) is -2.39. The molecule has 0 amide bonds. The Morgan fingerprint density at radius 3 is 2.21 bits per heavy atom. The third-order valence-corrected chi connectivity index (χ3v) is 5.62. The smallest absolute Gasteiger partial charge is 0.264 e. The Morgan fingerprint density at radius 2 is 1.53 bits per heavy atom. The van der Waals surface area contributed by atoms with Crippen LogP contribution in [0.3, 0.4) is 0 Å². The molecule has 5 nitrogen and oxygen atoms in total. The number of benzene rings is 2. The fraction of sp³-hybridized carbons (Fsp3) is 0.120. The first-order valence-electron chi connectivity index (χ1n) is 10.8. The zero-order valence-electron chi connectivity index (χ0n) is 18.8. The highest BCUT2D eigenvalue weighted by molar-refractivity contribution is 5.68. The molecule has 13 heteroatoms. The predicted molar refractivity (Wildman–Crippen MR) is 119 cm³/mol. The van der Waals surface area contributed by atoms with E-state index in [4.69, 9.17) is 0 Å². The Balaban J connectivity index is 1.41. The molecule has 5 rings (SSSR count). The van der Waals surface area contributed by atoms with Crippen molar-refractivity contribution in [2.75, 3.05) is 0 Å². The van der Waals surface area contributed by atoms with Crippen molar-refractivity contribution in [1.82, 2.24) is 24.7 Å². The number of fused-ring (bicyclic) bond motifs is 1. The van der Waals surface area contributed by atoms with Crippen LogP contribution in [-0.4, -0.2) is 24.7 Å². The first-order valence-corrected chi connectivity index (χ1v) is 10.8. The van der Waals surface area contributed by atoms with Crippen LogP contribution in [0.4, 0.5) is 35.1 Å². The minimum absolute atomic E-state index is 0.0214. The van der Waals surface area contributed by atoms with Crippen molar-refractivity contribution in [1.29, 1.82) is 0 Å². The Labute approximate surface area is 208 Å². The largest absolute Gasteiger partial charge is 0.417 e. The molecule has 2 aromatic carbocycles. The SMILES string of the molecule is Fc1cccc(-c2nc3cnn(Cc4ccc(-c5ccc(C(F)(F)F)cc5C(F)(F)F)cn4)cc-3n2)c1F. The number of hydrogen-bond acceptors (Lipinski definition) is 4. The fourth-order valence-corrected chi connectivity index (χ4v) is 3.79. The van der Waals surface area contributed by atoms with E-state index in [1.807, 2.05) is 0 Å². The zero-order valence-corrected chi connectivity index (χ0v) is 18.8. The number of alkyl halides is 6. The Morgan fingerprint density at radius 1 is 0.763 bits per heavy atom. The zero-order chi connectivity index (χ0) is 27.2. The maximum Gasteiger partial charge on any atom is 0.417 e. The van der Waals surface area contributed by atoms with E-state index in [9.17, 15) is 35.1 Å². The standard InChI is InChI=1S/C25H13F8N5/c26-19-3-1-2-17(22(19)27)23-36-20-10-35-38(12-21(20)37-23)11-15-6-4-13(9-34-15)16-7-5-14(24(28,29)30)8-18(16)25(31,32)33/h1-10,12H,11H2. The van der Waals surface area contributed by atoms with Crippen molar-refractivity contribution in [3.8, 4) is 33.9 Å². The lowest BCUT2D eigenvalue weighted by atomic mass is 9.98. The lowest BCUT2D eigenvalue weighted by molar-refractivity contribution is -0.142. The summed E-state index contributed by atoms with van der Waals surface area (Å²) < 4.78 is 108. The highest BCUT2D eigenvalue weighted by atomic mass is 19.4. The molecular weight excluding hydrogens is 522 g/mol. The van der Waals surface area contributed by atoms with Gasteiger partial charge in [-0.1, -0.05) is 18.2 Å². The molecule has 2 aliphatic rings. The van der Waals surface area contributed by atoms with Gasteiger partial charge in [0.2, 0.25) is 0 Å². The maximum atomic E-state index is 14.1. The van der Waals surface area contributed by atoms with E-state index in [-0.39, 0.29) is 29.6 Å². The minimum Gasteiger partial charge on any atom is -0.264 e. The second-order valence-corrected chi connectivity index (χ2v) is 8.18. The number of aromatic nitrogens is 5. The van der Waals surface area contributed by atoms with Gasteiger partial charge in [0, 0.05) is 11.8 Å². The van der Waals surface area contributed by atoms with Crippen LogP contribution in [0.5, 0.6) is 0 Å². The first-order chi connectivity index (χ1) is 17.9. The normalized spacial score (nSPS) is 12.3. The fourth-order valence-electron chi connectivity index (χ4n) is 3.79. The van der Waals surface area contributed by atoms with Gasteiger partial charge in [-0.25, -0.2) is 18.7 Å². The van der Waals surface area contributed by atoms with E-state index in [0.29, 0.717) is 23.1 Å². The van der Waals surface area contributed by atoms with Crippen LogP contribution in [0.15, 0.2) is 67.1 Å². The summed E-state index contributed by atoms with van der Waals surface area (Å²) in [4.78, 5) is 12.5. The quantitative estimate of drug-likeness (QED) is 0.236. The van der Waals surface area contributed by atoms with Gasteiger partial charge in [0.15, 0.2) is 17.5 Å². The van der Waals surface area contributed by atoms with Crippen LogP contribution in [0.2, 0.25) is 0 Å². The summed E-state index contributed by atoms with van der Waals surface area (Å²) in [7, 11) is 0. The molecule has 0 N–H and O–H groups in total. The van der Waals surface area contributed by atoms with Gasteiger partial charge in [0.25, 0.3) is 0 Å². The summed E-state index contributed by atoms with van der Waals surface area (Å²) in [6, 6.07) is 7.77. The molecule has 1 aromatic heterocycles. The Hall–Kier alpha value is -4.42. The minimum atomic E-state index is -5.02. The third-order valence-electron chi connectivity index (χ3n) is 5.62. The molecule has 0 radical (unpaired) electrons. The van der Waals surface area contributed by atoms with Gasteiger partial charge in [-0.15, -0.1) is 0 Å². The van der Waals surface area contributed by atoms with E-state index in [1.165, 1.54) is 41.3 Å². The number of nitrogens with zero attached hydrogens (tertiary/aromatic N) is 5. The molecule has 0 saturated carbocycles. The second kappa shape index (κ2) is 9.15. The molecule has 194 valence electrons. The molecule has 3 aromatic rings. The van der Waals surface area contributed by atoms with Crippen LogP contribution in [0.25, 0.3) is 33.9 Å². The number of hydrogen-bond donors (Lipinski definition) is 0. The van der Waals surface area contributed by atoms with Crippen molar-refractivity contribution in [3.63, 3.8) is 0 Å². The molecule has 0 spiro atoms. The number of imidazole rings is 1. The maximum absolute atomic E-state index is 14.1. The molecule has 0 bridgehead atoms. The van der Waals surface area contributed by atoms with Crippen molar-refractivity contribution < 1.29 is 35.1 Å². The summed E-state index contributed by atoms with van der Waals surface area (Å²) in [5.74, 6) is -2.16. The van der Waals surface area contributed by atoms with E-state index >= 15 is 0 Å². The molecule has 0 fully saturated rings. The van der Waals surface area contributed by atoms with Gasteiger partial charge in [0.1, 0.15) is 11.4 Å². The summed E-state index contributed by atoms with van der Waals surface area (Å²) in [5, 5.41) is 4.16. The van der Waals surface area contributed by atoms with E-state index < -0.39 is 40.7 Å². The van der Waals surface area contributed by atoms with Gasteiger partial charge >= 0.3 is 12.4 Å². The average Bonchev–Trinajstić information content (AvgIpc) is 3.28. The molecule has 0 atom stereocenters. The molecule has 38 heavy (non-hydrogen) atoms.